The molecule has 4 nitrogen and oxygen atoms in total. The number of nitrogens with two attached hydrogens (primary N) is 1. The van der Waals surface area contributed by atoms with Crippen LogP contribution in [0.2, 0.25) is 5.02 Å². The van der Waals surface area contributed by atoms with Gasteiger partial charge in [0.1, 0.15) is 5.60 Å². The SMILES string of the molecule is CN(C)C(N)=NCC(C)(O)c1ccccc1Cl.I. The Morgan fingerprint density at radius 1 is 1.44 bits per heavy atom. The van der Waals surface area contributed by atoms with Gasteiger partial charge in [-0.3, -0.25) is 0 Å². The van der Waals surface area contributed by atoms with Crippen molar-refractivity contribution in [2.45, 2.75) is 12.5 Å². The molecule has 0 amide bonds. The standard InChI is InChI=1S/C12H18ClN3O.HI/c1-12(17,8-15-11(14)16(2)3)9-6-4-5-7-10(9)13;/h4-7,17H,8H2,1-3H3,(H2,14,15);1H. The fraction of sp³-hybridized carbons (Fsp3) is 0.417. The molecule has 0 aliphatic rings. The molecule has 0 saturated heterocycles. The van der Waals surface area contributed by atoms with Crippen molar-refractivity contribution in [3.63, 3.8) is 0 Å². The molecule has 0 spiro atoms. The van der Waals surface area contributed by atoms with E-state index >= 15 is 0 Å². The molecule has 0 aliphatic heterocycles. The molecule has 1 aromatic carbocycles. The van der Waals surface area contributed by atoms with Gasteiger partial charge in [0.2, 0.25) is 0 Å². The highest BCUT2D eigenvalue weighted by Crippen LogP contribution is 2.27. The lowest BCUT2D eigenvalue weighted by molar-refractivity contribution is 0.0672. The first-order valence-corrected chi connectivity index (χ1v) is 5.67. The molecule has 1 aromatic rings. The molecule has 0 aromatic heterocycles. The second-order valence-electron chi connectivity index (χ2n) is 4.32. The second-order valence-corrected chi connectivity index (χ2v) is 4.73. The summed E-state index contributed by atoms with van der Waals surface area (Å²) in [6.45, 7) is 1.83. The maximum Gasteiger partial charge on any atom is 0.190 e. The van der Waals surface area contributed by atoms with Gasteiger partial charge in [-0.1, -0.05) is 29.8 Å². The van der Waals surface area contributed by atoms with Crippen LogP contribution in [-0.2, 0) is 5.60 Å². The summed E-state index contributed by atoms with van der Waals surface area (Å²) in [6, 6.07) is 7.17. The maximum absolute atomic E-state index is 10.3. The number of aliphatic imine (C=N–C) groups is 1. The topological polar surface area (TPSA) is 61.8 Å². The molecule has 0 aliphatic carbocycles. The molecule has 18 heavy (non-hydrogen) atoms. The van der Waals surface area contributed by atoms with E-state index in [1.807, 2.05) is 12.1 Å². The largest absolute Gasteiger partial charge is 0.383 e. The van der Waals surface area contributed by atoms with Gasteiger partial charge < -0.3 is 15.7 Å². The molecule has 1 atom stereocenters. The number of nitrogens with zero attached hydrogens (tertiary/aromatic N) is 2. The average Bonchev–Trinajstić information content (AvgIpc) is 2.26. The molecule has 0 saturated carbocycles. The van der Waals surface area contributed by atoms with E-state index in [9.17, 15) is 5.11 Å². The first-order chi connectivity index (χ1) is 7.84. The quantitative estimate of drug-likeness (QED) is 0.477. The Hall–Kier alpha value is -0.530. The molecule has 1 rings (SSSR count). The third kappa shape index (κ3) is 4.62. The summed E-state index contributed by atoms with van der Waals surface area (Å²) in [7, 11) is 3.59. The molecule has 1 unspecified atom stereocenters. The predicted octanol–water partition coefficient (Wildman–Crippen LogP) is 2.04. The Bertz CT molecular complexity index is 422. The van der Waals surface area contributed by atoms with Crippen LogP contribution in [0.1, 0.15) is 12.5 Å². The van der Waals surface area contributed by atoms with Crippen molar-refractivity contribution in [3.05, 3.63) is 34.9 Å². The highest BCUT2D eigenvalue weighted by atomic mass is 127. The minimum Gasteiger partial charge on any atom is -0.383 e. The van der Waals surface area contributed by atoms with Gasteiger partial charge >= 0.3 is 0 Å². The molecule has 0 heterocycles. The monoisotopic (exact) mass is 383 g/mol. The van der Waals surface area contributed by atoms with Crippen molar-refractivity contribution in [1.29, 1.82) is 0 Å². The van der Waals surface area contributed by atoms with Crippen molar-refractivity contribution in [2.75, 3.05) is 20.6 Å². The highest BCUT2D eigenvalue weighted by Gasteiger charge is 2.25. The van der Waals surface area contributed by atoms with Crippen LogP contribution in [0.25, 0.3) is 0 Å². The number of hydrogen-bond donors (Lipinski definition) is 2. The number of aliphatic hydroxyl groups is 1. The Labute approximate surface area is 130 Å². The Balaban J connectivity index is 0.00000289. The van der Waals surface area contributed by atoms with E-state index in [0.29, 0.717) is 16.5 Å². The number of guanidine groups is 1. The zero-order chi connectivity index (χ0) is 13.1. The molecule has 0 radical (unpaired) electrons. The Kier molecular flexibility index (Phi) is 6.94. The van der Waals surface area contributed by atoms with Gasteiger partial charge in [0.15, 0.2) is 5.96 Å². The number of hydrogen-bond acceptors (Lipinski definition) is 2. The van der Waals surface area contributed by atoms with E-state index in [2.05, 4.69) is 4.99 Å². The smallest absolute Gasteiger partial charge is 0.190 e. The molecule has 102 valence electrons. The van der Waals surface area contributed by atoms with Crippen LogP contribution in [0, 0.1) is 0 Å². The summed E-state index contributed by atoms with van der Waals surface area (Å²) in [5.74, 6) is 0.373. The van der Waals surface area contributed by atoms with E-state index in [4.69, 9.17) is 17.3 Å². The third-order valence-corrected chi connectivity index (χ3v) is 2.79. The first kappa shape index (κ1) is 17.5. The molecule has 3 N–H and O–H groups in total. The van der Waals surface area contributed by atoms with Crippen LogP contribution in [0.3, 0.4) is 0 Å². The van der Waals surface area contributed by atoms with Gasteiger partial charge in [-0.05, 0) is 13.0 Å². The lowest BCUT2D eigenvalue weighted by Crippen LogP contribution is -2.33. The second kappa shape index (κ2) is 7.16. The molecule has 0 fully saturated rings. The van der Waals surface area contributed by atoms with Crippen molar-refractivity contribution < 1.29 is 5.11 Å². The van der Waals surface area contributed by atoms with E-state index in [0.717, 1.165) is 0 Å². The van der Waals surface area contributed by atoms with Crippen molar-refractivity contribution in [1.82, 2.24) is 4.90 Å². The predicted molar refractivity (Wildman–Crippen MR) is 86.6 cm³/mol. The van der Waals surface area contributed by atoms with Gasteiger partial charge in [-0.15, -0.1) is 24.0 Å². The normalized spacial score (nSPS) is 14.6. The van der Waals surface area contributed by atoms with Crippen LogP contribution in [0.5, 0.6) is 0 Å². The maximum atomic E-state index is 10.3. The highest BCUT2D eigenvalue weighted by molar-refractivity contribution is 14.0. The molecule has 0 bridgehead atoms. The minimum absolute atomic E-state index is 0. The van der Waals surface area contributed by atoms with Gasteiger partial charge in [-0.2, -0.15) is 0 Å². The fourth-order valence-corrected chi connectivity index (χ4v) is 1.70. The van der Waals surface area contributed by atoms with E-state index in [1.54, 1.807) is 38.1 Å². The molecular weight excluding hydrogens is 365 g/mol. The molecule has 6 heteroatoms. The van der Waals surface area contributed by atoms with Gasteiger partial charge in [0.05, 0.1) is 6.54 Å². The Morgan fingerprint density at radius 3 is 2.50 bits per heavy atom. The van der Waals surface area contributed by atoms with Gasteiger partial charge in [0, 0.05) is 24.7 Å². The van der Waals surface area contributed by atoms with Crippen LogP contribution < -0.4 is 5.73 Å². The first-order valence-electron chi connectivity index (χ1n) is 5.29. The minimum atomic E-state index is -1.13. The summed E-state index contributed by atoms with van der Waals surface area (Å²) in [5, 5.41) is 10.9. The number of halogens is 2. The Morgan fingerprint density at radius 2 is 2.00 bits per heavy atom. The van der Waals surface area contributed by atoms with Crippen LogP contribution in [-0.4, -0.2) is 36.6 Å². The summed E-state index contributed by atoms with van der Waals surface area (Å²) in [5.41, 5.74) is 5.20. The van der Waals surface area contributed by atoms with Gasteiger partial charge in [-0.25, -0.2) is 4.99 Å². The summed E-state index contributed by atoms with van der Waals surface area (Å²) >= 11 is 6.04. The lowest BCUT2D eigenvalue weighted by Gasteiger charge is -2.23. The van der Waals surface area contributed by atoms with Crippen LogP contribution >= 0.6 is 35.6 Å². The van der Waals surface area contributed by atoms with Crippen molar-refractivity contribution >= 4 is 41.5 Å². The van der Waals surface area contributed by atoms with E-state index in [-0.39, 0.29) is 30.5 Å². The van der Waals surface area contributed by atoms with Crippen LogP contribution in [0.15, 0.2) is 29.3 Å². The summed E-state index contributed by atoms with van der Waals surface area (Å²) < 4.78 is 0. The fourth-order valence-electron chi connectivity index (χ4n) is 1.36. The summed E-state index contributed by atoms with van der Waals surface area (Å²) in [6.07, 6.45) is 0. The van der Waals surface area contributed by atoms with Crippen molar-refractivity contribution in [2.24, 2.45) is 10.7 Å². The zero-order valence-corrected chi connectivity index (χ0v) is 13.8. The van der Waals surface area contributed by atoms with E-state index in [1.165, 1.54) is 0 Å². The zero-order valence-electron chi connectivity index (χ0n) is 10.7. The average molecular weight is 384 g/mol. The summed E-state index contributed by atoms with van der Waals surface area (Å²) in [4.78, 5) is 5.81. The van der Waals surface area contributed by atoms with Crippen LogP contribution in [0.4, 0.5) is 0 Å². The molecular formula is C12H19ClIN3O. The van der Waals surface area contributed by atoms with Crippen molar-refractivity contribution in [3.8, 4) is 0 Å². The number of benzene rings is 1. The van der Waals surface area contributed by atoms with E-state index < -0.39 is 5.60 Å². The third-order valence-electron chi connectivity index (χ3n) is 2.46. The van der Waals surface area contributed by atoms with Gasteiger partial charge in [0.25, 0.3) is 0 Å². The number of rotatable bonds is 3. The lowest BCUT2D eigenvalue weighted by atomic mass is 9.96.